The van der Waals surface area contributed by atoms with Crippen LogP contribution < -0.4 is 15.4 Å². The zero-order valence-electron chi connectivity index (χ0n) is 12.3. The molecule has 1 atom stereocenters. The molecule has 2 aromatic carbocycles. The highest BCUT2D eigenvalue weighted by atomic mass is 19.1. The quantitative estimate of drug-likeness (QED) is 0.699. The first-order valence-corrected chi connectivity index (χ1v) is 7.14. The number of carbonyl (C=O) groups excluding carboxylic acids is 1. The number of amides is 1. The average molecular weight is 310 g/mol. The van der Waals surface area contributed by atoms with Gasteiger partial charge >= 0.3 is 0 Å². The van der Waals surface area contributed by atoms with Gasteiger partial charge in [-0.3, -0.25) is 9.69 Å². The molecular formula is C18H15FN2O2. The Morgan fingerprint density at radius 2 is 2.09 bits per heavy atom. The van der Waals surface area contributed by atoms with Gasteiger partial charge in [0.1, 0.15) is 11.6 Å². The first-order chi connectivity index (χ1) is 11.1. The van der Waals surface area contributed by atoms with E-state index in [0.717, 1.165) is 0 Å². The number of nitrogens with zero attached hydrogens (tertiary/aromatic N) is 1. The molecule has 0 aromatic heterocycles. The number of rotatable bonds is 3. The number of nitrogens with two attached hydrogens (primary N) is 1. The van der Waals surface area contributed by atoms with Crippen molar-refractivity contribution in [2.24, 2.45) is 0 Å². The lowest BCUT2D eigenvalue weighted by Gasteiger charge is -2.33. The SMILES string of the molecule is C#CCN1C(=O)C(Cc2ccccc2F)Oc2cc(N)ccc21. The molecule has 1 aliphatic heterocycles. The Morgan fingerprint density at radius 1 is 1.30 bits per heavy atom. The standard InChI is InChI=1S/C18H15FN2O2/c1-2-9-21-15-8-7-13(20)11-16(15)23-17(18(21)22)10-12-5-3-4-6-14(12)19/h1,3-8,11,17H,9-10,20H2. The normalized spacial score (nSPS) is 16.4. The average Bonchev–Trinajstić information content (AvgIpc) is 2.53. The van der Waals surface area contributed by atoms with Gasteiger partial charge in [0.25, 0.3) is 5.91 Å². The summed E-state index contributed by atoms with van der Waals surface area (Å²) in [6, 6.07) is 11.3. The molecule has 3 rings (SSSR count). The molecule has 0 radical (unpaired) electrons. The van der Waals surface area contributed by atoms with Crippen molar-refractivity contribution in [3.8, 4) is 18.1 Å². The molecule has 23 heavy (non-hydrogen) atoms. The topological polar surface area (TPSA) is 55.6 Å². The molecule has 0 fully saturated rings. The minimum absolute atomic E-state index is 0.118. The van der Waals surface area contributed by atoms with Gasteiger partial charge in [0.2, 0.25) is 0 Å². The second-order valence-electron chi connectivity index (χ2n) is 5.26. The van der Waals surface area contributed by atoms with Gasteiger partial charge in [-0.15, -0.1) is 6.42 Å². The van der Waals surface area contributed by atoms with E-state index in [1.165, 1.54) is 11.0 Å². The number of anilines is 2. The minimum Gasteiger partial charge on any atom is -0.478 e. The molecule has 1 heterocycles. The van der Waals surface area contributed by atoms with Crippen LogP contribution in [0.15, 0.2) is 42.5 Å². The highest BCUT2D eigenvalue weighted by molar-refractivity contribution is 6.00. The second kappa shape index (κ2) is 6.01. The summed E-state index contributed by atoms with van der Waals surface area (Å²) in [6.07, 6.45) is 4.65. The maximum atomic E-state index is 13.8. The summed E-state index contributed by atoms with van der Waals surface area (Å²) < 4.78 is 19.6. The van der Waals surface area contributed by atoms with Crippen molar-refractivity contribution in [2.75, 3.05) is 17.2 Å². The maximum absolute atomic E-state index is 13.8. The van der Waals surface area contributed by atoms with Crippen LogP contribution in [0, 0.1) is 18.2 Å². The molecule has 0 bridgehead atoms. The molecule has 5 heteroatoms. The van der Waals surface area contributed by atoms with Crippen LogP contribution in [-0.4, -0.2) is 18.6 Å². The third-order valence-corrected chi connectivity index (χ3v) is 3.70. The summed E-state index contributed by atoms with van der Waals surface area (Å²) in [6.45, 7) is 0.118. The number of hydrogen-bond acceptors (Lipinski definition) is 3. The van der Waals surface area contributed by atoms with Crippen molar-refractivity contribution < 1.29 is 13.9 Å². The first-order valence-electron chi connectivity index (χ1n) is 7.14. The summed E-state index contributed by atoms with van der Waals surface area (Å²) >= 11 is 0. The number of fused-ring (bicyclic) bond motifs is 1. The summed E-state index contributed by atoms with van der Waals surface area (Å²) in [7, 11) is 0. The van der Waals surface area contributed by atoms with Crippen molar-refractivity contribution >= 4 is 17.3 Å². The van der Waals surface area contributed by atoms with Crippen LogP contribution in [0.25, 0.3) is 0 Å². The number of benzene rings is 2. The van der Waals surface area contributed by atoms with Gasteiger partial charge in [-0.25, -0.2) is 4.39 Å². The smallest absolute Gasteiger partial charge is 0.269 e. The highest BCUT2D eigenvalue weighted by Gasteiger charge is 2.34. The first kappa shape index (κ1) is 14.9. The fourth-order valence-electron chi connectivity index (χ4n) is 2.59. The predicted octanol–water partition coefficient (Wildman–Crippen LogP) is 2.38. The van der Waals surface area contributed by atoms with Gasteiger partial charge in [-0.05, 0) is 23.8 Å². The molecule has 0 saturated heterocycles. The third kappa shape index (κ3) is 2.84. The van der Waals surface area contributed by atoms with Crippen LogP contribution in [0.1, 0.15) is 5.56 Å². The van der Waals surface area contributed by atoms with E-state index >= 15 is 0 Å². The number of halogens is 1. The van der Waals surface area contributed by atoms with Crippen LogP contribution in [0.2, 0.25) is 0 Å². The Hall–Kier alpha value is -3.00. The fraction of sp³-hybridized carbons (Fsp3) is 0.167. The predicted molar refractivity (Wildman–Crippen MR) is 86.6 cm³/mol. The maximum Gasteiger partial charge on any atom is 0.269 e. The Bertz CT molecular complexity index is 798. The van der Waals surface area contributed by atoms with Crippen LogP contribution in [0.4, 0.5) is 15.8 Å². The van der Waals surface area contributed by atoms with E-state index in [2.05, 4.69) is 5.92 Å². The molecule has 116 valence electrons. The van der Waals surface area contributed by atoms with Crippen molar-refractivity contribution in [1.82, 2.24) is 0 Å². The minimum atomic E-state index is -0.838. The van der Waals surface area contributed by atoms with Crippen molar-refractivity contribution in [3.63, 3.8) is 0 Å². The van der Waals surface area contributed by atoms with E-state index in [1.54, 1.807) is 36.4 Å². The largest absolute Gasteiger partial charge is 0.478 e. The molecule has 0 spiro atoms. The Morgan fingerprint density at radius 3 is 2.83 bits per heavy atom. The molecule has 0 aliphatic carbocycles. The van der Waals surface area contributed by atoms with Gasteiger partial charge in [0.15, 0.2) is 6.10 Å². The van der Waals surface area contributed by atoms with E-state index in [-0.39, 0.29) is 24.7 Å². The zero-order chi connectivity index (χ0) is 16.4. The van der Waals surface area contributed by atoms with Gasteiger partial charge in [-0.1, -0.05) is 24.1 Å². The molecule has 2 aromatic rings. The monoisotopic (exact) mass is 310 g/mol. The summed E-state index contributed by atoms with van der Waals surface area (Å²) in [5.41, 5.74) is 7.28. The second-order valence-corrected chi connectivity index (χ2v) is 5.26. The van der Waals surface area contributed by atoms with E-state index < -0.39 is 6.10 Å². The summed E-state index contributed by atoms with van der Waals surface area (Å²) in [5.74, 6) is 2.28. The third-order valence-electron chi connectivity index (χ3n) is 3.70. The van der Waals surface area contributed by atoms with E-state index in [0.29, 0.717) is 22.7 Å². The van der Waals surface area contributed by atoms with E-state index in [4.69, 9.17) is 16.9 Å². The lowest BCUT2D eigenvalue weighted by Crippen LogP contribution is -2.47. The number of hydrogen-bond donors (Lipinski definition) is 1. The Balaban J connectivity index is 1.95. The van der Waals surface area contributed by atoms with E-state index in [1.807, 2.05) is 0 Å². The molecule has 1 unspecified atom stereocenters. The van der Waals surface area contributed by atoms with E-state index in [9.17, 15) is 9.18 Å². The lowest BCUT2D eigenvalue weighted by molar-refractivity contribution is -0.126. The number of terminal acetylenes is 1. The number of carbonyl (C=O) groups is 1. The van der Waals surface area contributed by atoms with Gasteiger partial charge in [0.05, 0.1) is 12.2 Å². The molecule has 4 nitrogen and oxygen atoms in total. The molecule has 1 aliphatic rings. The van der Waals surface area contributed by atoms with Crippen LogP contribution in [-0.2, 0) is 11.2 Å². The van der Waals surface area contributed by atoms with Crippen molar-refractivity contribution in [1.29, 1.82) is 0 Å². The molecular weight excluding hydrogens is 295 g/mol. The van der Waals surface area contributed by atoms with Crippen LogP contribution >= 0.6 is 0 Å². The van der Waals surface area contributed by atoms with Gasteiger partial charge in [0, 0.05) is 18.2 Å². The lowest BCUT2D eigenvalue weighted by atomic mass is 10.0. The van der Waals surface area contributed by atoms with Crippen molar-refractivity contribution in [3.05, 3.63) is 53.8 Å². The van der Waals surface area contributed by atoms with Crippen LogP contribution in [0.3, 0.4) is 0 Å². The summed E-state index contributed by atoms with van der Waals surface area (Å²) in [4.78, 5) is 14.1. The Labute approximate surface area is 133 Å². The zero-order valence-corrected chi connectivity index (χ0v) is 12.3. The molecule has 2 N–H and O–H groups in total. The molecule has 1 amide bonds. The van der Waals surface area contributed by atoms with Gasteiger partial charge in [-0.2, -0.15) is 0 Å². The number of nitrogen functional groups attached to an aromatic ring is 1. The molecule has 0 saturated carbocycles. The highest BCUT2D eigenvalue weighted by Crippen LogP contribution is 2.36. The van der Waals surface area contributed by atoms with Gasteiger partial charge < -0.3 is 10.5 Å². The fourth-order valence-corrected chi connectivity index (χ4v) is 2.59. The number of ether oxygens (including phenoxy) is 1. The Kier molecular flexibility index (Phi) is 3.90. The van der Waals surface area contributed by atoms with Crippen molar-refractivity contribution in [2.45, 2.75) is 12.5 Å². The van der Waals surface area contributed by atoms with Crippen LogP contribution in [0.5, 0.6) is 5.75 Å². The summed E-state index contributed by atoms with van der Waals surface area (Å²) in [5, 5.41) is 0.